The molecule has 29 heavy (non-hydrogen) atoms. The Hall–Kier alpha value is -3.04. The first-order chi connectivity index (χ1) is 14.1. The zero-order valence-corrected chi connectivity index (χ0v) is 17.4. The maximum atomic E-state index is 5.97. The van der Waals surface area contributed by atoms with Gasteiger partial charge < -0.3 is 9.30 Å². The molecule has 0 fully saturated rings. The predicted octanol–water partition coefficient (Wildman–Crippen LogP) is 6.05. The first-order valence-corrected chi connectivity index (χ1v) is 10.2. The standard InChI is InChI=1S/C26H28N2O/c1-20(2)27(3)18-21-9-11-24(12-10-21)28-16-15-23-17-25(13-14-26(23)28)29-19-22-7-5-4-6-8-22/h4-17,20H,18-19H2,1-3H3. The van der Waals surface area contributed by atoms with Crippen molar-refractivity contribution < 1.29 is 4.74 Å². The maximum Gasteiger partial charge on any atom is 0.120 e. The van der Waals surface area contributed by atoms with E-state index in [2.05, 4.69) is 91.2 Å². The Morgan fingerprint density at radius 1 is 0.862 bits per heavy atom. The number of rotatable bonds is 7. The molecule has 1 aromatic heterocycles. The average molecular weight is 385 g/mol. The molecule has 3 heteroatoms. The first-order valence-electron chi connectivity index (χ1n) is 10.2. The van der Waals surface area contributed by atoms with Gasteiger partial charge in [-0.2, -0.15) is 0 Å². The third kappa shape index (κ3) is 4.52. The van der Waals surface area contributed by atoms with Gasteiger partial charge in [-0.25, -0.2) is 0 Å². The molecule has 148 valence electrons. The van der Waals surface area contributed by atoms with Gasteiger partial charge in [0.05, 0.1) is 5.52 Å². The van der Waals surface area contributed by atoms with Gasteiger partial charge in [0.25, 0.3) is 0 Å². The van der Waals surface area contributed by atoms with Gasteiger partial charge in [-0.1, -0.05) is 42.5 Å². The van der Waals surface area contributed by atoms with E-state index in [1.54, 1.807) is 0 Å². The Labute approximate surface area is 173 Å². The fourth-order valence-corrected chi connectivity index (χ4v) is 3.41. The second kappa shape index (κ2) is 8.54. The molecule has 4 rings (SSSR count). The average Bonchev–Trinajstić information content (AvgIpc) is 3.17. The van der Waals surface area contributed by atoms with Crippen LogP contribution < -0.4 is 4.74 Å². The highest BCUT2D eigenvalue weighted by Crippen LogP contribution is 2.25. The van der Waals surface area contributed by atoms with E-state index in [1.807, 2.05) is 24.3 Å². The largest absolute Gasteiger partial charge is 0.489 e. The highest BCUT2D eigenvalue weighted by Gasteiger charge is 2.07. The number of hydrogen-bond acceptors (Lipinski definition) is 2. The molecule has 3 nitrogen and oxygen atoms in total. The Kier molecular flexibility index (Phi) is 5.68. The highest BCUT2D eigenvalue weighted by atomic mass is 16.5. The summed E-state index contributed by atoms with van der Waals surface area (Å²) >= 11 is 0. The van der Waals surface area contributed by atoms with Crippen LogP contribution >= 0.6 is 0 Å². The summed E-state index contributed by atoms with van der Waals surface area (Å²) in [6.45, 7) is 5.99. The van der Waals surface area contributed by atoms with Gasteiger partial charge in [0.15, 0.2) is 0 Å². The van der Waals surface area contributed by atoms with E-state index in [0.29, 0.717) is 12.6 Å². The highest BCUT2D eigenvalue weighted by molar-refractivity contribution is 5.83. The van der Waals surface area contributed by atoms with Crippen LogP contribution in [0, 0.1) is 0 Å². The normalized spacial score (nSPS) is 11.5. The van der Waals surface area contributed by atoms with E-state index in [1.165, 1.54) is 27.7 Å². The molecular weight excluding hydrogens is 356 g/mol. The lowest BCUT2D eigenvalue weighted by Gasteiger charge is -2.21. The first kappa shape index (κ1) is 19.3. The van der Waals surface area contributed by atoms with Gasteiger partial charge in [0.2, 0.25) is 0 Å². The number of nitrogens with zero attached hydrogens (tertiary/aromatic N) is 2. The van der Waals surface area contributed by atoms with Crippen molar-refractivity contribution in [3.05, 3.63) is 96.2 Å². The summed E-state index contributed by atoms with van der Waals surface area (Å²) in [5.41, 5.74) is 4.87. The summed E-state index contributed by atoms with van der Waals surface area (Å²) in [6.07, 6.45) is 2.13. The summed E-state index contributed by atoms with van der Waals surface area (Å²) in [5.74, 6) is 0.895. The van der Waals surface area contributed by atoms with Crippen LogP contribution in [-0.2, 0) is 13.2 Å². The molecule has 0 atom stereocenters. The minimum Gasteiger partial charge on any atom is -0.489 e. The van der Waals surface area contributed by atoms with Crippen molar-refractivity contribution in [2.75, 3.05) is 7.05 Å². The zero-order chi connectivity index (χ0) is 20.2. The lowest BCUT2D eigenvalue weighted by Crippen LogP contribution is -2.25. The lowest BCUT2D eigenvalue weighted by atomic mass is 10.1. The Balaban J connectivity index is 1.50. The Bertz CT molecular complexity index is 1070. The fraction of sp³-hybridized carbons (Fsp3) is 0.231. The number of fused-ring (bicyclic) bond motifs is 1. The van der Waals surface area contributed by atoms with Gasteiger partial charge >= 0.3 is 0 Å². The predicted molar refractivity (Wildman–Crippen MR) is 121 cm³/mol. The second-order valence-corrected chi connectivity index (χ2v) is 7.86. The van der Waals surface area contributed by atoms with E-state index in [0.717, 1.165) is 12.3 Å². The van der Waals surface area contributed by atoms with E-state index >= 15 is 0 Å². The number of ether oxygens (including phenoxy) is 1. The van der Waals surface area contributed by atoms with E-state index in [4.69, 9.17) is 4.74 Å². The Morgan fingerprint density at radius 3 is 2.34 bits per heavy atom. The maximum absolute atomic E-state index is 5.97. The molecular formula is C26H28N2O. The van der Waals surface area contributed by atoms with Crippen LogP contribution in [0.3, 0.4) is 0 Å². The molecule has 1 heterocycles. The molecule has 0 aliphatic rings. The molecule has 0 amide bonds. The fourth-order valence-electron chi connectivity index (χ4n) is 3.41. The molecule has 0 saturated carbocycles. The van der Waals surface area contributed by atoms with Crippen molar-refractivity contribution in [2.24, 2.45) is 0 Å². The van der Waals surface area contributed by atoms with Crippen molar-refractivity contribution in [3.63, 3.8) is 0 Å². The summed E-state index contributed by atoms with van der Waals surface area (Å²) in [7, 11) is 2.16. The quantitative estimate of drug-likeness (QED) is 0.386. The molecule has 0 spiro atoms. The summed E-state index contributed by atoms with van der Waals surface area (Å²) in [5, 5.41) is 1.18. The van der Waals surface area contributed by atoms with Gasteiger partial charge in [-0.05, 0) is 68.4 Å². The van der Waals surface area contributed by atoms with Crippen molar-refractivity contribution >= 4 is 10.9 Å². The third-order valence-corrected chi connectivity index (χ3v) is 5.44. The summed E-state index contributed by atoms with van der Waals surface area (Å²) < 4.78 is 8.20. The van der Waals surface area contributed by atoms with Gasteiger partial charge in [-0.3, -0.25) is 4.90 Å². The van der Waals surface area contributed by atoms with Crippen molar-refractivity contribution in [1.82, 2.24) is 9.47 Å². The second-order valence-electron chi connectivity index (χ2n) is 7.86. The molecule has 0 aliphatic carbocycles. The van der Waals surface area contributed by atoms with Gasteiger partial charge in [0.1, 0.15) is 12.4 Å². The minimum absolute atomic E-state index is 0.543. The van der Waals surface area contributed by atoms with Crippen molar-refractivity contribution in [1.29, 1.82) is 0 Å². The van der Waals surface area contributed by atoms with Crippen LogP contribution in [-0.4, -0.2) is 22.6 Å². The summed E-state index contributed by atoms with van der Waals surface area (Å²) in [4.78, 5) is 2.34. The van der Waals surface area contributed by atoms with E-state index in [9.17, 15) is 0 Å². The minimum atomic E-state index is 0.543. The number of hydrogen-bond donors (Lipinski definition) is 0. The number of benzene rings is 3. The van der Waals surface area contributed by atoms with Crippen LogP contribution in [0.2, 0.25) is 0 Å². The topological polar surface area (TPSA) is 17.4 Å². The molecule has 0 N–H and O–H groups in total. The molecule has 0 saturated heterocycles. The van der Waals surface area contributed by atoms with Crippen molar-refractivity contribution in [3.8, 4) is 11.4 Å². The van der Waals surface area contributed by atoms with Crippen LogP contribution in [0.4, 0.5) is 0 Å². The molecule has 0 unspecified atom stereocenters. The molecule has 0 aliphatic heterocycles. The lowest BCUT2D eigenvalue weighted by molar-refractivity contribution is 0.266. The van der Waals surface area contributed by atoms with E-state index in [-0.39, 0.29) is 0 Å². The van der Waals surface area contributed by atoms with E-state index < -0.39 is 0 Å². The molecule has 4 aromatic rings. The van der Waals surface area contributed by atoms with Crippen molar-refractivity contribution in [2.45, 2.75) is 33.0 Å². The van der Waals surface area contributed by atoms with Gasteiger partial charge in [0, 0.05) is 29.9 Å². The smallest absolute Gasteiger partial charge is 0.120 e. The summed E-state index contributed by atoms with van der Waals surface area (Å²) in [6, 6.07) is 28.1. The number of aromatic nitrogens is 1. The van der Waals surface area contributed by atoms with Crippen LogP contribution in [0.15, 0.2) is 85.1 Å². The Morgan fingerprint density at radius 2 is 1.62 bits per heavy atom. The SMILES string of the molecule is CC(C)N(C)Cc1ccc(-n2ccc3cc(OCc4ccccc4)ccc32)cc1. The molecule has 3 aromatic carbocycles. The van der Waals surface area contributed by atoms with Gasteiger partial charge in [-0.15, -0.1) is 0 Å². The van der Waals surface area contributed by atoms with Crippen LogP contribution in [0.25, 0.3) is 16.6 Å². The van der Waals surface area contributed by atoms with Crippen LogP contribution in [0.5, 0.6) is 5.75 Å². The zero-order valence-electron chi connectivity index (χ0n) is 17.4. The van der Waals surface area contributed by atoms with Crippen LogP contribution in [0.1, 0.15) is 25.0 Å². The third-order valence-electron chi connectivity index (χ3n) is 5.44. The molecule has 0 radical (unpaired) electrons. The molecule has 0 bridgehead atoms. The monoisotopic (exact) mass is 384 g/mol.